The highest BCUT2D eigenvalue weighted by molar-refractivity contribution is 6.06. The molecule has 150 valence electrons. The first-order valence-electron chi connectivity index (χ1n) is 8.31. The zero-order valence-electron chi connectivity index (χ0n) is 15.4. The van der Waals surface area contributed by atoms with Gasteiger partial charge in [0, 0.05) is 30.5 Å². The minimum absolute atomic E-state index is 0. The smallest absolute Gasteiger partial charge is 0.292 e. The van der Waals surface area contributed by atoms with Gasteiger partial charge in [0.05, 0.1) is 10.6 Å². The zero-order chi connectivity index (χ0) is 19.8. The van der Waals surface area contributed by atoms with Crippen molar-refractivity contribution in [3.8, 4) is 0 Å². The molecule has 1 aliphatic rings. The molecule has 1 heterocycles. The molecule has 2 aromatic rings. The third kappa shape index (κ3) is 5.58. The summed E-state index contributed by atoms with van der Waals surface area (Å²) in [5, 5.41) is 18.6. The van der Waals surface area contributed by atoms with E-state index in [2.05, 4.69) is 27.5 Å². The fourth-order valence-corrected chi connectivity index (χ4v) is 2.79. The van der Waals surface area contributed by atoms with Crippen LogP contribution < -0.4 is 22.4 Å². The van der Waals surface area contributed by atoms with Gasteiger partial charge in [-0.15, -0.1) is 0 Å². The second-order valence-corrected chi connectivity index (χ2v) is 5.97. The Kier molecular flexibility index (Phi) is 8.69. The number of nitrogens with one attached hydrogen (secondary N) is 2. The zero-order valence-corrected chi connectivity index (χ0v) is 15.4. The Morgan fingerprint density at radius 2 is 1.93 bits per heavy atom. The minimum Gasteiger partial charge on any atom is -0.412 e. The maximum atomic E-state index is 11.5. The summed E-state index contributed by atoms with van der Waals surface area (Å²) in [6, 6.07) is 14.6. The van der Waals surface area contributed by atoms with Crippen molar-refractivity contribution >= 4 is 23.0 Å². The number of hydrogen-bond donors (Lipinski definition) is 4. The highest BCUT2D eigenvalue weighted by atomic mass is 16.6. The number of nitro groups is 1. The van der Waals surface area contributed by atoms with E-state index in [0.29, 0.717) is 29.9 Å². The number of amides is 1. The largest absolute Gasteiger partial charge is 0.412 e. The number of hydrazine groups is 1. The molecule has 3 rings (SSSR count). The number of rotatable bonds is 5. The third-order valence-corrected chi connectivity index (χ3v) is 4.08. The first-order chi connectivity index (χ1) is 13.0. The summed E-state index contributed by atoms with van der Waals surface area (Å²) in [5.41, 5.74) is 5.20. The standard InChI is InChI=1S/C18H18N4O3.H4N2.H2O/c1-12-9-17(23)20-21-18(12)14-7-8-15(16(10-14)22(24)25)19-11-13-5-3-2-4-6-13;1-2;/h2-8,10,12,19H,9,11H2,1H3,(H,20,23);1-2H2;1H2. The maximum absolute atomic E-state index is 11.5. The first kappa shape index (κ1) is 22.7. The average Bonchev–Trinajstić information content (AvgIpc) is 2.69. The van der Waals surface area contributed by atoms with Crippen LogP contribution in [0.3, 0.4) is 0 Å². The van der Waals surface area contributed by atoms with Gasteiger partial charge in [-0.2, -0.15) is 5.10 Å². The monoisotopic (exact) mass is 388 g/mol. The molecule has 0 radical (unpaired) electrons. The summed E-state index contributed by atoms with van der Waals surface area (Å²) in [5.74, 6) is 7.77. The summed E-state index contributed by atoms with van der Waals surface area (Å²) < 4.78 is 0. The second kappa shape index (κ2) is 10.7. The Labute approximate surface area is 162 Å². The SMILES string of the molecule is CC1CC(=O)NN=C1c1ccc(NCc2ccccc2)c([N+](=O)[O-])c1.NN.O. The fraction of sp³-hybridized carbons (Fsp3) is 0.222. The van der Waals surface area contributed by atoms with Gasteiger partial charge >= 0.3 is 0 Å². The fourth-order valence-electron chi connectivity index (χ4n) is 2.79. The molecular formula is C18H24N6O4. The van der Waals surface area contributed by atoms with Gasteiger partial charge in [-0.1, -0.05) is 43.3 Å². The van der Waals surface area contributed by atoms with E-state index >= 15 is 0 Å². The summed E-state index contributed by atoms with van der Waals surface area (Å²) in [6.07, 6.45) is 0.320. The van der Waals surface area contributed by atoms with Crippen molar-refractivity contribution in [2.75, 3.05) is 5.32 Å². The minimum atomic E-state index is -0.413. The Morgan fingerprint density at radius 1 is 1.25 bits per heavy atom. The van der Waals surface area contributed by atoms with Crippen LogP contribution >= 0.6 is 0 Å². The molecule has 2 aromatic carbocycles. The number of hydrazone groups is 1. The van der Waals surface area contributed by atoms with E-state index < -0.39 is 4.92 Å². The van der Waals surface area contributed by atoms with Crippen LogP contribution in [0.1, 0.15) is 24.5 Å². The van der Waals surface area contributed by atoms with Gasteiger partial charge in [0.15, 0.2) is 0 Å². The highest BCUT2D eigenvalue weighted by Gasteiger charge is 2.24. The van der Waals surface area contributed by atoms with E-state index in [1.807, 2.05) is 37.3 Å². The Balaban J connectivity index is 0.00000127. The Morgan fingerprint density at radius 3 is 2.54 bits per heavy atom. The van der Waals surface area contributed by atoms with E-state index in [9.17, 15) is 14.9 Å². The van der Waals surface area contributed by atoms with Gasteiger partial charge in [-0.25, -0.2) is 5.43 Å². The lowest BCUT2D eigenvalue weighted by molar-refractivity contribution is -0.384. The molecule has 1 atom stereocenters. The van der Waals surface area contributed by atoms with Gasteiger partial charge in [-0.05, 0) is 11.6 Å². The summed E-state index contributed by atoms with van der Waals surface area (Å²) in [7, 11) is 0. The van der Waals surface area contributed by atoms with Gasteiger partial charge in [0.25, 0.3) is 5.69 Å². The van der Waals surface area contributed by atoms with Crippen LogP contribution in [0.25, 0.3) is 0 Å². The van der Waals surface area contributed by atoms with Crippen LogP contribution in [0, 0.1) is 16.0 Å². The van der Waals surface area contributed by atoms with Crippen LogP contribution in [0.4, 0.5) is 11.4 Å². The highest BCUT2D eigenvalue weighted by Crippen LogP contribution is 2.28. The van der Waals surface area contributed by atoms with Crippen LogP contribution in [0.2, 0.25) is 0 Å². The van der Waals surface area contributed by atoms with Crippen molar-refractivity contribution in [3.05, 3.63) is 69.8 Å². The van der Waals surface area contributed by atoms with E-state index in [1.165, 1.54) is 6.07 Å². The molecule has 0 aromatic heterocycles. The number of carbonyl (C=O) groups is 1. The van der Waals surface area contributed by atoms with E-state index in [1.54, 1.807) is 12.1 Å². The molecule has 0 bridgehead atoms. The molecule has 1 unspecified atom stereocenters. The number of nitro benzene ring substituents is 1. The molecule has 0 saturated heterocycles. The average molecular weight is 388 g/mol. The molecule has 0 aliphatic carbocycles. The predicted molar refractivity (Wildman–Crippen MR) is 107 cm³/mol. The molecule has 10 heteroatoms. The van der Waals surface area contributed by atoms with Crippen molar-refractivity contribution in [2.24, 2.45) is 22.7 Å². The van der Waals surface area contributed by atoms with E-state index in [4.69, 9.17) is 0 Å². The van der Waals surface area contributed by atoms with Crippen molar-refractivity contribution in [3.63, 3.8) is 0 Å². The lowest BCUT2D eigenvalue weighted by atomic mass is 9.93. The molecule has 10 nitrogen and oxygen atoms in total. The van der Waals surface area contributed by atoms with Crippen LogP contribution in [0.5, 0.6) is 0 Å². The topological polar surface area (TPSA) is 180 Å². The molecule has 0 spiro atoms. The second-order valence-electron chi connectivity index (χ2n) is 5.97. The number of anilines is 1. The Bertz CT molecular complexity index is 841. The van der Waals surface area contributed by atoms with Gasteiger partial charge in [0.2, 0.25) is 5.91 Å². The van der Waals surface area contributed by atoms with E-state index in [0.717, 1.165) is 5.56 Å². The van der Waals surface area contributed by atoms with E-state index in [-0.39, 0.29) is 23.0 Å². The third-order valence-electron chi connectivity index (χ3n) is 4.08. The molecule has 1 amide bonds. The number of benzene rings is 2. The number of nitrogens with two attached hydrogens (primary N) is 2. The van der Waals surface area contributed by atoms with Crippen LogP contribution in [-0.2, 0) is 11.3 Å². The molecule has 8 N–H and O–H groups in total. The Hall–Kier alpha value is -3.34. The van der Waals surface area contributed by atoms with Crippen molar-refractivity contribution in [2.45, 2.75) is 19.9 Å². The number of hydrogen-bond acceptors (Lipinski definition) is 7. The lowest BCUT2D eigenvalue weighted by Gasteiger charge is -2.19. The first-order valence-corrected chi connectivity index (χ1v) is 8.31. The van der Waals surface area contributed by atoms with Crippen LogP contribution in [-0.4, -0.2) is 22.0 Å². The van der Waals surface area contributed by atoms with Gasteiger partial charge in [-0.3, -0.25) is 26.6 Å². The number of nitrogens with zero attached hydrogens (tertiary/aromatic N) is 2. The molecular weight excluding hydrogens is 364 g/mol. The summed E-state index contributed by atoms with van der Waals surface area (Å²) in [4.78, 5) is 22.4. The molecule has 0 fully saturated rings. The predicted octanol–water partition coefficient (Wildman–Crippen LogP) is 1.06. The molecule has 1 aliphatic heterocycles. The summed E-state index contributed by atoms with van der Waals surface area (Å²) in [6.45, 7) is 2.37. The summed E-state index contributed by atoms with van der Waals surface area (Å²) >= 11 is 0. The maximum Gasteiger partial charge on any atom is 0.292 e. The normalized spacial score (nSPS) is 15.2. The van der Waals surface area contributed by atoms with Gasteiger partial charge < -0.3 is 10.8 Å². The van der Waals surface area contributed by atoms with Crippen LogP contribution in [0.15, 0.2) is 53.6 Å². The lowest BCUT2D eigenvalue weighted by Crippen LogP contribution is -2.32. The number of carbonyl (C=O) groups excluding carboxylic acids is 1. The van der Waals surface area contributed by atoms with Gasteiger partial charge in [0.1, 0.15) is 5.69 Å². The van der Waals surface area contributed by atoms with Crippen molar-refractivity contribution in [1.29, 1.82) is 0 Å². The van der Waals surface area contributed by atoms with Crippen molar-refractivity contribution < 1.29 is 15.2 Å². The molecule has 28 heavy (non-hydrogen) atoms. The van der Waals surface area contributed by atoms with Crippen molar-refractivity contribution in [1.82, 2.24) is 5.43 Å². The quantitative estimate of drug-likeness (QED) is 0.337. The molecule has 0 saturated carbocycles.